The molecule has 18 heavy (non-hydrogen) atoms. The number of hydrogen-bond donors (Lipinski definition) is 1. The second kappa shape index (κ2) is 9.59. The van der Waals surface area contributed by atoms with Crippen molar-refractivity contribution in [2.75, 3.05) is 18.9 Å². The number of halogens is 1. The van der Waals surface area contributed by atoms with Crippen LogP contribution in [-0.2, 0) is 9.53 Å². The van der Waals surface area contributed by atoms with Crippen molar-refractivity contribution in [2.24, 2.45) is 0 Å². The molecule has 102 valence electrons. The Morgan fingerprint density at radius 2 is 1.89 bits per heavy atom. The van der Waals surface area contributed by atoms with Crippen LogP contribution in [0.1, 0.15) is 26.2 Å². The maximum atomic E-state index is 11.0. The van der Waals surface area contributed by atoms with Crippen molar-refractivity contribution < 1.29 is 14.3 Å². The summed E-state index contributed by atoms with van der Waals surface area (Å²) in [5.41, 5.74) is 6.28. The summed E-state index contributed by atoms with van der Waals surface area (Å²) in [6, 6.07) is 7.27. The number of rotatable bonds is 7. The maximum Gasteiger partial charge on any atom is 0.305 e. The molecule has 0 heterocycles. The zero-order chi connectivity index (χ0) is 12.5. The van der Waals surface area contributed by atoms with E-state index in [0.29, 0.717) is 19.6 Å². The quantitative estimate of drug-likeness (QED) is 0.471. The van der Waals surface area contributed by atoms with Gasteiger partial charge in [0.15, 0.2) is 0 Å². The van der Waals surface area contributed by atoms with Crippen molar-refractivity contribution in [3.63, 3.8) is 0 Å². The topological polar surface area (TPSA) is 61.5 Å². The Morgan fingerprint density at radius 3 is 2.50 bits per heavy atom. The SMILES string of the molecule is CCOC(=O)CCCCOc1ccc(N)cc1.Cl. The van der Waals surface area contributed by atoms with Crippen molar-refractivity contribution in [2.45, 2.75) is 26.2 Å². The summed E-state index contributed by atoms with van der Waals surface area (Å²) < 4.78 is 10.3. The summed E-state index contributed by atoms with van der Waals surface area (Å²) in [7, 11) is 0. The monoisotopic (exact) mass is 273 g/mol. The second-order valence-corrected chi connectivity index (χ2v) is 3.68. The number of benzene rings is 1. The van der Waals surface area contributed by atoms with Gasteiger partial charge in [-0.3, -0.25) is 4.79 Å². The molecule has 0 bridgehead atoms. The van der Waals surface area contributed by atoms with Crippen molar-refractivity contribution in [1.29, 1.82) is 0 Å². The van der Waals surface area contributed by atoms with E-state index in [4.69, 9.17) is 15.2 Å². The van der Waals surface area contributed by atoms with E-state index >= 15 is 0 Å². The number of carbonyl (C=O) groups excluding carboxylic acids is 1. The summed E-state index contributed by atoms with van der Waals surface area (Å²) in [5, 5.41) is 0. The van der Waals surface area contributed by atoms with Crippen LogP contribution in [0.3, 0.4) is 0 Å². The highest BCUT2D eigenvalue weighted by molar-refractivity contribution is 5.85. The van der Waals surface area contributed by atoms with Gasteiger partial charge in [0.05, 0.1) is 13.2 Å². The third-order valence-electron chi connectivity index (χ3n) is 2.23. The van der Waals surface area contributed by atoms with E-state index in [1.165, 1.54) is 0 Å². The average Bonchev–Trinajstić information content (AvgIpc) is 2.31. The smallest absolute Gasteiger partial charge is 0.305 e. The highest BCUT2D eigenvalue weighted by Gasteiger charge is 2.00. The molecule has 0 aliphatic carbocycles. The standard InChI is InChI=1S/C13H19NO3.ClH/c1-2-16-13(15)5-3-4-10-17-12-8-6-11(14)7-9-12;/h6-9H,2-5,10,14H2,1H3;1H. The molecule has 0 unspecified atom stereocenters. The Bertz CT molecular complexity index is 341. The summed E-state index contributed by atoms with van der Waals surface area (Å²) in [6.07, 6.45) is 2.08. The number of carbonyl (C=O) groups is 1. The van der Waals surface area contributed by atoms with Crippen molar-refractivity contribution in [1.82, 2.24) is 0 Å². The van der Waals surface area contributed by atoms with Crippen molar-refractivity contribution in [3.05, 3.63) is 24.3 Å². The molecule has 1 aromatic carbocycles. The highest BCUT2D eigenvalue weighted by atomic mass is 35.5. The third kappa shape index (κ3) is 7.01. The van der Waals surface area contributed by atoms with Crippen LogP contribution in [0, 0.1) is 0 Å². The molecule has 2 N–H and O–H groups in total. The van der Waals surface area contributed by atoms with E-state index < -0.39 is 0 Å². The summed E-state index contributed by atoms with van der Waals surface area (Å²) >= 11 is 0. The first-order chi connectivity index (χ1) is 8.22. The van der Waals surface area contributed by atoms with Crippen LogP contribution >= 0.6 is 12.4 Å². The van der Waals surface area contributed by atoms with Crippen LogP contribution < -0.4 is 10.5 Å². The summed E-state index contributed by atoms with van der Waals surface area (Å²) in [5.74, 6) is 0.662. The van der Waals surface area contributed by atoms with E-state index in [0.717, 1.165) is 24.3 Å². The highest BCUT2D eigenvalue weighted by Crippen LogP contribution is 2.13. The van der Waals surface area contributed by atoms with Crippen LogP contribution in [0.15, 0.2) is 24.3 Å². The first-order valence-electron chi connectivity index (χ1n) is 5.86. The van der Waals surface area contributed by atoms with Gasteiger partial charge < -0.3 is 15.2 Å². The Balaban J connectivity index is 0.00000289. The fourth-order valence-corrected chi connectivity index (χ4v) is 1.36. The fraction of sp³-hybridized carbons (Fsp3) is 0.462. The number of anilines is 1. The molecule has 0 atom stereocenters. The first-order valence-corrected chi connectivity index (χ1v) is 5.86. The number of hydrogen-bond acceptors (Lipinski definition) is 4. The summed E-state index contributed by atoms with van der Waals surface area (Å²) in [4.78, 5) is 11.0. The van der Waals surface area contributed by atoms with Crippen LogP contribution in [0.4, 0.5) is 5.69 Å². The molecule has 1 aromatic rings. The summed E-state index contributed by atoms with van der Waals surface area (Å²) in [6.45, 7) is 2.85. The lowest BCUT2D eigenvalue weighted by Crippen LogP contribution is -2.05. The van der Waals surface area contributed by atoms with Crippen molar-refractivity contribution in [3.8, 4) is 5.75 Å². The Labute approximate surface area is 114 Å². The Hall–Kier alpha value is -1.42. The lowest BCUT2D eigenvalue weighted by molar-refractivity contribution is -0.143. The fourth-order valence-electron chi connectivity index (χ4n) is 1.36. The van der Waals surface area contributed by atoms with Crippen molar-refractivity contribution >= 4 is 24.1 Å². The number of esters is 1. The van der Waals surface area contributed by atoms with Gasteiger partial charge in [-0.1, -0.05) is 0 Å². The minimum absolute atomic E-state index is 0. The Morgan fingerprint density at radius 1 is 1.22 bits per heavy atom. The average molecular weight is 274 g/mol. The van der Waals surface area contributed by atoms with Gasteiger partial charge >= 0.3 is 5.97 Å². The molecule has 0 aliphatic heterocycles. The molecule has 1 rings (SSSR count). The van der Waals surface area contributed by atoms with Crippen LogP contribution in [-0.4, -0.2) is 19.2 Å². The minimum Gasteiger partial charge on any atom is -0.494 e. The molecule has 0 amide bonds. The minimum atomic E-state index is -0.139. The molecular weight excluding hydrogens is 254 g/mol. The number of nitrogen functional groups attached to an aromatic ring is 1. The predicted octanol–water partition coefficient (Wildman–Crippen LogP) is 2.80. The van der Waals surface area contributed by atoms with Gasteiger partial charge in [-0.05, 0) is 44.0 Å². The zero-order valence-electron chi connectivity index (χ0n) is 10.6. The first kappa shape index (κ1) is 16.6. The number of unbranched alkanes of at least 4 members (excludes halogenated alkanes) is 1. The van der Waals surface area contributed by atoms with Gasteiger partial charge in [0.1, 0.15) is 5.75 Å². The van der Waals surface area contributed by atoms with Gasteiger partial charge in [-0.25, -0.2) is 0 Å². The van der Waals surface area contributed by atoms with Crippen LogP contribution in [0.5, 0.6) is 5.75 Å². The van der Waals surface area contributed by atoms with E-state index in [2.05, 4.69) is 0 Å². The predicted molar refractivity (Wildman–Crippen MR) is 74.1 cm³/mol. The largest absolute Gasteiger partial charge is 0.494 e. The van der Waals surface area contributed by atoms with Gasteiger partial charge in [-0.2, -0.15) is 0 Å². The van der Waals surface area contributed by atoms with E-state index in [1.54, 1.807) is 12.1 Å². The molecule has 0 radical (unpaired) electrons. The number of ether oxygens (including phenoxy) is 2. The second-order valence-electron chi connectivity index (χ2n) is 3.68. The van der Waals surface area contributed by atoms with E-state index in [9.17, 15) is 4.79 Å². The van der Waals surface area contributed by atoms with E-state index in [1.807, 2.05) is 19.1 Å². The van der Waals surface area contributed by atoms with Gasteiger partial charge in [0.25, 0.3) is 0 Å². The van der Waals surface area contributed by atoms with E-state index in [-0.39, 0.29) is 18.4 Å². The molecule has 0 aromatic heterocycles. The maximum absolute atomic E-state index is 11.0. The lowest BCUT2D eigenvalue weighted by Gasteiger charge is -2.06. The van der Waals surface area contributed by atoms with Gasteiger partial charge in [-0.15, -0.1) is 12.4 Å². The van der Waals surface area contributed by atoms with Crippen LogP contribution in [0.2, 0.25) is 0 Å². The molecule has 0 fully saturated rings. The Kier molecular flexibility index (Phi) is 8.84. The van der Waals surface area contributed by atoms with Crippen LogP contribution in [0.25, 0.3) is 0 Å². The number of nitrogens with two attached hydrogens (primary N) is 1. The van der Waals surface area contributed by atoms with Gasteiger partial charge in [0.2, 0.25) is 0 Å². The normalized spacial score (nSPS) is 9.39. The molecule has 0 saturated carbocycles. The third-order valence-corrected chi connectivity index (χ3v) is 2.23. The van der Waals surface area contributed by atoms with Gasteiger partial charge in [0, 0.05) is 12.1 Å². The molecule has 4 nitrogen and oxygen atoms in total. The molecular formula is C13H20ClNO3. The molecule has 0 spiro atoms. The zero-order valence-corrected chi connectivity index (χ0v) is 11.4. The molecule has 0 aliphatic rings. The lowest BCUT2D eigenvalue weighted by atomic mass is 10.2. The molecule has 5 heteroatoms. The molecule has 0 saturated heterocycles.